The van der Waals surface area contributed by atoms with Gasteiger partial charge in [-0.1, -0.05) is 11.6 Å². The lowest BCUT2D eigenvalue weighted by Crippen LogP contribution is -2.46. The van der Waals surface area contributed by atoms with Crippen LogP contribution in [0.15, 0.2) is 4.52 Å². The van der Waals surface area contributed by atoms with Gasteiger partial charge in [0.25, 0.3) is 0 Å². The fourth-order valence-corrected chi connectivity index (χ4v) is 3.03. The van der Waals surface area contributed by atoms with Crippen LogP contribution in [-0.2, 0) is 16.9 Å². The maximum Gasteiger partial charge on any atom is 0.391 e. The van der Waals surface area contributed by atoms with E-state index in [1.165, 1.54) is 0 Å². The van der Waals surface area contributed by atoms with Crippen LogP contribution in [0.4, 0.5) is 13.2 Å². The lowest BCUT2D eigenvalue weighted by Gasteiger charge is -2.32. The summed E-state index contributed by atoms with van der Waals surface area (Å²) in [4.78, 5) is 18.6. The van der Waals surface area contributed by atoms with Gasteiger partial charge >= 0.3 is 6.18 Å². The lowest BCUT2D eigenvalue weighted by atomic mass is 9.80. The zero-order valence-electron chi connectivity index (χ0n) is 15.0. The molecule has 2 rings (SSSR count). The van der Waals surface area contributed by atoms with Crippen LogP contribution in [0.5, 0.6) is 0 Å². The van der Waals surface area contributed by atoms with Crippen molar-refractivity contribution in [1.29, 1.82) is 0 Å². The highest BCUT2D eigenvalue weighted by molar-refractivity contribution is 5.79. The number of halogens is 3. The Morgan fingerprint density at radius 3 is 2.60 bits per heavy atom. The number of nitrogens with zero attached hydrogens (tertiary/aromatic N) is 3. The molecule has 9 heteroatoms. The minimum absolute atomic E-state index is 0.0927. The first kappa shape index (κ1) is 19.7. The van der Waals surface area contributed by atoms with Gasteiger partial charge in [-0.3, -0.25) is 4.79 Å². The first-order chi connectivity index (χ1) is 11.5. The maximum atomic E-state index is 12.9. The van der Waals surface area contributed by atoms with E-state index in [0.717, 1.165) is 0 Å². The SMILES string of the molecule is CN(C)Cc1nc(C(C)(C)NC(=O)C2CCCC(C(F)(F)F)C2)no1. The third kappa shape index (κ3) is 5.17. The second kappa shape index (κ2) is 7.31. The molecule has 0 aromatic carbocycles. The van der Waals surface area contributed by atoms with Gasteiger partial charge in [-0.15, -0.1) is 0 Å². The van der Waals surface area contributed by atoms with Crippen LogP contribution in [0.3, 0.4) is 0 Å². The molecule has 1 aliphatic carbocycles. The number of carbonyl (C=O) groups excluding carboxylic acids is 1. The van der Waals surface area contributed by atoms with Crippen LogP contribution >= 0.6 is 0 Å². The van der Waals surface area contributed by atoms with Crippen LogP contribution in [0.25, 0.3) is 0 Å². The van der Waals surface area contributed by atoms with Gasteiger partial charge in [-0.2, -0.15) is 18.2 Å². The fourth-order valence-electron chi connectivity index (χ4n) is 3.03. The van der Waals surface area contributed by atoms with E-state index in [1.54, 1.807) is 13.8 Å². The van der Waals surface area contributed by atoms with Crippen molar-refractivity contribution in [1.82, 2.24) is 20.4 Å². The van der Waals surface area contributed by atoms with E-state index in [-0.39, 0.29) is 12.8 Å². The summed E-state index contributed by atoms with van der Waals surface area (Å²) in [6.07, 6.45) is -3.45. The van der Waals surface area contributed by atoms with Gasteiger partial charge in [0.2, 0.25) is 11.8 Å². The number of aromatic nitrogens is 2. The number of hydrogen-bond donors (Lipinski definition) is 1. The highest BCUT2D eigenvalue weighted by Gasteiger charge is 2.44. The van der Waals surface area contributed by atoms with Gasteiger partial charge in [0.1, 0.15) is 0 Å². The average Bonchev–Trinajstić information content (AvgIpc) is 2.94. The molecular formula is C16H25F3N4O2. The largest absolute Gasteiger partial charge is 0.391 e. The molecule has 2 unspecified atom stereocenters. The van der Waals surface area contributed by atoms with Gasteiger partial charge in [0.05, 0.1) is 18.0 Å². The van der Waals surface area contributed by atoms with Crippen molar-refractivity contribution in [3.63, 3.8) is 0 Å². The van der Waals surface area contributed by atoms with Gasteiger partial charge in [0, 0.05) is 5.92 Å². The van der Waals surface area contributed by atoms with Crippen molar-refractivity contribution in [2.24, 2.45) is 11.8 Å². The maximum absolute atomic E-state index is 12.9. The summed E-state index contributed by atoms with van der Waals surface area (Å²) in [7, 11) is 3.72. The van der Waals surface area contributed by atoms with E-state index >= 15 is 0 Å². The van der Waals surface area contributed by atoms with E-state index in [1.807, 2.05) is 19.0 Å². The van der Waals surface area contributed by atoms with Crippen molar-refractivity contribution in [3.8, 4) is 0 Å². The summed E-state index contributed by atoms with van der Waals surface area (Å²) >= 11 is 0. The predicted octanol–water partition coefficient (Wildman–Crippen LogP) is 2.85. The molecule has 1 saturated carbocycles. The van der Waals surface area contributed by atoms with Crippen LogP contribution in [0.1, 0.15) is 51.2 Å². The standard InChI is InChI=1S/C16H25F3N4O2/c1-15(2,14-20-12(25-22-14)9-23(3)4)21-13(24)10-6-5-7-11(8-10)16(17,18)19/h10-11H,5-9H2,1-4H3,(H,21,24). The second-order valence-corrected chi connectivity index (χ2v) is 7.47. The number of nitrogens with one attached hydrogen (secondary N) is 1. The predicted molar refractivity (Wildman–Crippen MR) is 84.4 cm³/mol. The fraction of sp³-hybridized carbons (Fsp3) is 0.812. The van der Waals surface area contributed by atoms with Crippen LogP contribution in [-0.4, -0.2) is 41.2 Å². The Balaban J connectivity index is 2.01. The Morgan fingerprint density at radius 2 is 2.00 bits per heavy atom. The number of hydrogen-bond acceptors (Lipinski definition) is 5. The van der Waals surface area contributed by atoms with Crippen molar-refractivity contribution < 1.29 is 22.5 Å². The number of carbonyl (C=O) groups is 1. The monoisotopic (exact) mass is 362 g/mol. The average molecular weight is 362 g/mol. The molecule has 1 aromatic rings. The molecule has 0 bridgehead atoms. The summed E-state index contributed by atoms with van der Waals surface area (Å²) in [6.45, 7) is 3.88. The highest BCUT2D eigenvalue weighted by Crippen LogP contribution is 2.40. The smallest absolute Gasteiger partial charge is 0.344 e. The van der Waals surface area contributed by atoms with Crippen LogP contribution < -0.4 is 5.32 Å². The molecule has 0 spiro atoms. The molecule has 1 aliphatic rings. The Bertz CT molecular complexity index is 598. The van der Waals surface area contributed by atoms with E-state index in [2.05, 4.69) is 15.5 Å². The van der Waals surface area contributed by atoms with Crippen molar-refractivity contribution in [2.45, 2.75) is 57.8 Å². The molecule has 2 atom stereocenters. The van der Waals surface area contributed by atoms with E-state index in [9.17, 15) is 18.0 Å². The third-order valence-electron chi connectivity index (χ3n) is 4.42. The molecule has 1 N–H and O–H groups in total. The zero-order valence-corrected chi connectivity index (χ0v) is 15.0. The van der Waals surface area contributed by atoms with E-state index in [4.69, 9.17) is 4.52 Å². The first-order valence-corrected chi connectivity index (χ1v) is 8.35. The molecule has 142 valence electrons. The molecular weight excluding hydrogens is 337 g/mol. The molecule has 0 radical (unpaired) electrons. The summed E-state index contributed by atoms with van der Waals surface area (Å²) in [5, 5.41) is 6.66. The van der Waals surface area contributed by atoms with Crippen LogP contribution in [0.2, 0.25) is 0 Å². The molecule has 1 fully saturated rings. The Morgan fingerprint density at radius 1 is 1.32 bits per heavy atom. The minimum atomic E-state index is -4.25. The van der Waals surface area contributed by atoms with Crippen molar-refractivity contribution in [3.05, 3.63) is 11.7 Å². The molecule has 1 aromatic heterocycles. The van der Waals surface area contributed by atoms with Crippen molar-refractivity contribution in [2.75, 3.05) is 14.1 Å². The molecule has 25 heavy (non-hydrogen) atoms. The summed E-state index contributed by atoms with van der Waals surface area (Å²) < 4.78 is 43.9. The summed E-state index contributed by atoms with van der Waals surface area (Å²) in [6, 6.07) is 0. The Labute approximate surface area is 145 Å². The van der Waals surface area contributed by atoms with Crippen LogP contribution in [0, 0.1) is 11.8 Å². The number of alkyl halides is 3. The molecule has 6 nitrogen and oxygen atoms in total. The summed E-state index contributed by atoms with van der Waals surface area (Å²) in [5.41, 5.74) is -0.920. The minimum Gasteiger partial charge on any atom is -0.344 e. The first-order valence-electron chi connectivity index (χ1n) is 8.35. The molecule has 1 heterocycles. The van der Waals surface area contributed by atoms with E-state index in [0.29, 0.717) is 31.1 Å². The van der Waals surface area contributed by atoms with Gasteiger partial charge in [-0.05, 0) is 47.2 Å². The summed E-state index contributed by atoms with van der Waals surface area (Å²) in [5.74, 6) is -1.72. The second-order valence-electron chi connectivity index (χ2n) is 7.47. The zero-order chi connectivity index (χ0) is 18.8. The third-order valence-corrected chi connectivity index (χ3v) is 4.42. The molecule has 1 amide bonds. The lowest BCUT2D eigenvalue weighted by molar-refractivity contribution is -0.186. The number of rotatable bonds is 5. The molecule has 0 saturated heterocycles. The van der Waals surface area contributed by atoms with Gasteiger partial charge in [0.15, 0.2) is 5.82 Å². The number of amides is 1. The van der Waals surface area contributed by atoms with Gasteiger partial charge < -0.3 is 14.7 Å². The van der Waals surface area contributed by atoms with E-state index < -0.39 is 29.5 Å². The molecule has 0 aliphatic heterocycles. The topological polar surface area (TPSA) is 71.3 Å². The quantitative estimate of drug-likeness (QED) is 0.872. The highest BCUT2D eigenvalue weighted by atomic mass is 19.4. The van der Waals surface area contributed by atoms with Gasteiger partial charge in [-0.25, -0.2) is 0 Å². The normalized spacial score (nSPS) is 22.2. The Hall–Kier alpha value is -1.64. The Kier molecular flexibility index (Phi) is 5.75. The van der Waals surface area contributed by atoms with Crippen molar-refractivity contribution >= 4 is 5.91 Å².